The van der Waals surface area contributed by atoms with Crippen molar-refractivity contribution in [2.24, 2.45) is 0 Å². The molecule has 0 spiro atoms. The molecule has 0 saturated heterocycles. The Morgan fingerprint density at radius 3 is 2.10 bits per heavy atom. The molecule has 0 bridgehead atoms. The number of ether oxygens (including phenoxy) is 2. The van der Waals surface area contributed by atoms with Gasteiger partial charge in [-0.15, -0.1) is 0 Å². The van der Waals surface area contributed by atoms with Crippen LogP contribution in [0.15, 0.2) is 59.2 Å². The Hall–Kier alpha value is -3.30. The average molecular weight is 586 g/mol. The summed E-state index contributed by atoms with van der Waals surface area (Å²) < 4.78 is 45.0. The van der Waals surface area contributed by atoms with E-state index < -0.39 is 27.3 Å². The van der Waals surface area contributed by atoms with Crippen molar-refractivity contribution in [3.63, 3.8) is 0 Å². The minimum Gasteiger partial charge on any atom is -0.476 e. The second kappa shape index (κ2) is 13.1. The molecule has 1 aromatic heterocycles. The number of carbonyl (C=O) groups is 1. The van der Waals surface area contributed by atoms with Crippen molar-refractivity contribution in [2.75, 3.05) is 12.8 Å². The van der Waals surface area contributed by atoms with E-state index in [1.165, 1.54) is 0 Å². The van der Waals surface area contributed by atoms with Gasteiger partial charge < -0.3 is 18.1 Å². The highest BCUT2D eigenvalue weighted by Gasteiger charge is 2.35. The highest BCUT2D eigenvalue weighted by Crippen LogP contribution is 2.30. The molecule has 0 aliphatic carbocycles. The highest BCUT2D eigenvalue weighted by molar-refractivity contribution is 7.86. The second-order valence-electron chi connectivity index (χ2n) is 12.0. The Morgan fingerprint density at radius 2 is 1.56 bits per heavy atom. The Bertz CT molecular complexity index is 1380. The number of esters is 1. The fraction of sp³-hybridized carbons (Fsp3) is 0.469. The standard InChI is InChI=1S/C32H43NO7S/c1-23-19-26(20-24(2)29(23)38-32(6,7)30(34)39-31(3,4)5)21-33(22-28-12-10-18-37-28)17-9-11-25-13-15-27(16-14-25)40-41(8,35)36/h10,12-16,18-20H,9,11,17,21-22H2,1-8H3. The zero-order chi connectivity index (χ0) is 30.4. The molecule has 224 valence electrons. The lowest BCUT2D eigenvalue weighted by Crippen LogP contribution is -2.43. The molecule has 0 N–H and O–H groups in total. The van der Waals surface area contributed by atoms with Gasteiger partial charge in [-0.05, 0) is 114 Å². The molecule has 3 rings (SSSR count). The summed E-state index contributed by atoms with van der Waals surface area (Å²) in [6.45, 7) is 15.2. The van der Waals surface area contributed by atoms with Gasteiger partial charge >= 0.3 is 16.1 Å². The number of furan rings is 1. The zero-order valence-electron chi connectivity index (χ0n) is 25.4. The van der Waals surface area contributed by atoms with Crippen molar-refractivity contribution >= 4 is 16.1 Å². The van der Waals surface area contributed by atoms with Gasteiger partial charge in [-0.3, -0.25) is 4.90 Å². The Morgan fingerprint density at radius 1 is 0.927 bits per heavy atom. The van der Waals surface area contributed by atoms with Gasteiger partial charge in [-0.2, -0.15) is 8.42 Å². The van der Waals surface area contributed by atoms with Crippen molar-refractivity contribution in [3.8, 4) is 11.5 Å². The van der Waals surface area contributed by atoms with Gasteiger partial charge in [0.05, 0.1) is 19.1 Å². The number of aryl methyl sites for hydroxylation is 3. The number of hydrogen-bond donors (Lipinski definition) is 0. The smallest absolute Gasteiger partial charge is 0.350 e. The van der Waals surface area contributed by atoms with Crippen LogP contribution in [-0.2, 0) is 39.2 Å². The number of carbonyl (C=O) groups excluding carboxylic acids is 1. The summed E-state index contributed by atoms with van der Waals surface area (Å²) in [5.74, 6) is 1.48. The van der Waals surface area contributed by atoms with Crippen LogP contribution < -0.4 is 8.92 Å². The first kappa shape index (κ1) is 32.2. The molecule has 0 saturated carbocycles. The summed E-state index contributed by atoms with van der Waals surface area (Å²) in [6.07, 6.45) is 4.44. The molecule has 0 aliphatic heterocycles. The van der Waals surface area contributed by atoms with E-state index in [0.717, 1.165) is 53.7 Å². The summed E-state index contributed by atoms with van der Waals surface area (Å²) in [7, 11) is -3.55. The third-order valence-electron chi connectivity index (χ3n) is 6.24. The number of benzene rings is 2. The fourth-order valence-corrected chi connectivity index (χ4v) is 4.94. The van der Waals surface area contributed by atoms with Gasteiger partial charge in [0, 0.05) is 6.54 Å². The van der Waals surface area contributed by atoms with Gasteiger partial charge in [-0.1, -0.05) is 24.3 Å². The maximum Gasteiger partial charge on any atom is 0.350 e. The van der Waals surface area contributed by atoms with Crippen molar-refractivity contribution in [1.82, 2.24) is 4.90 Å². The summed E-state index contributed by atoms with van der Waals surface area (Å²) in [6, 6.07) is 15.2. The SMILES string of the molecule is Cc1cc(CN(CCCc2ccc(OS(C)(=O)=O)cc2)Cc2ccco2)cc(C)c1OC(C)(C)C(=O)OC(C)(C)C. The molecule has 0 atom stereocenters. The molecule has 0 unspecified atom stereocenters. The first-order chi connectivity index (χ1) is 19.0. The van der Waals surface area contributed by atoms with Crippen molar-refractivity contribution < 1.29 is 31.3 Å². The maximum atomic E-state index is 12.8. The van der Waals surface area contributed by atoms with Gasteiger partial charge in [0.15, 0.2) is 5.60 Å². The predicted octanol–water partition coefficient (Wildman–Crippen LogP) is 6.37. The molecule has 0 amide bonds. The molecule has 9 heteroatoms. The minimum absolute atomic E-state index is 0.309. The van der Waals surface area contributed by atoms with Gasteiger partial charge in [0.2, 0.25) is 0 Å². The highest BCUT2D eigenvalue weighted by atomic mass is 32.2. The van der Waals surface area contributed by atoms with Crippen LogP contribution >= 0.6 is 0 Å². The molecule has 2 aromatic carbocycles. The molecule has 3 aromatic rings. The van der Waals surface area contributed by atoms with Gasteiger partial charge in [0.25, 0.3) is 0 Å². The Balaban J connectivity index is 1.69. The lowest BCUT2D eigenvalue weighted by molar-refractivity contribution is -0.171. The summed E-state index contributed by atoms with van der Waals surface area (Å²) in [5, 5.41) is 0. The Kier molecular flexibility index (Phi) is 10.3. The molecule has 1 heterocycles. The van der Waals surface area contributed by atoms with Crippen molar-refractivity contribution in [3.05, 3.63) is 82.8 Å². The van der Waals surface area contributed by atoms with E-state index in [1.54, 1.807) is 32.2 Å². The number of hydrogen-bond acceptors (Lipinski definition) is 8. The predicted molar refractivity (Wildman–Crippen MR) is 160 cm³/mol. The van der Waals surface area contributed by atoms with Gasteiger partial charge in [-0.25, -0.2) is 4.79 Å². The number of rotatable bonds is 13. The normalized spacial score (nSPS) is 12.4. The van der Waals surface area contributed by atoms with Crippen LogP contribution in [0.3, 0.4) is 0 Å². The summed E-state index contributed by atoms with van der Waals surface area (Å²) in [4.78, 5) is 15.1. The van der Waals surface area contributed by atoms with Crippen LogP contribution in [0.1, 0.15) is 69.1 Å². The van der Waals surface area contributed by atoms with Crippen LogP contribution in [0.5, 0.6) is 11.5 Å². The molecule has 0 radical (unpaired) electrons. The van der Waals surface area contributed by atoms with E-state index >= 15 is 0 Å². The zero-order valence-corrected chi connectivity index (χ0v) is 26.3. The quantitative estimate of drug-likeness (QED) is 0.169. The summed E-state index contributed by atoms with van der Waals surface area (Å²) in [5.41, 5.74) is 2.40. The molecule has 0 aliphatic rings. The van der Waals surface area contributed by atoms with Crippen LogP contribution in [0.4, 0.5) is 0 Å². The number of nitrogens with zero attached hydrogens (tertiary/aromatic N) is 1. The fourth-order valence-electron chi connectivity index (χ4n) is 4.48. The largest absolute Gasteiger partial charge is 0.476 e. The van der Waals surface area contributed by atoms with Crippen LogP contribution in [0.2, 0.25) is 0 Å². The van der Waals surface area contributed by atoms with E-state index in [9.17, 15) is 13.2 Å². The third kappa shape index (κ3) is 10.6. The van der Waals surface area contributed by atoms with Crippen molar-refractivity contribution in [2.45, 2.75) is 85.6 Å². The lowest BCUT2D eigenvalue weighted by atomic mass is 10.0. The first-order valence-electron chi connectivity index (χ1n) is 13.8. The van der Waals surface area contributed by atoms with E-state index in [0.29, 0.717) is 24.6 Å². The van der Waals surface area contributed by atoms with E-state index in [1.807, 2.05) is 58.9 Å². The molecular formula is C32H43NO7S. The summed E-state index contributed by atoms with van der Waals surface area (Å²) >= 11 is 0. The van der Waals surface area contributed by atoms with Crippen LogP contribution in [0.25, 0.3) is 0 Å². The molecule has 0 fully saturated rings. The second-order valence-corrected chi connectivity index (χ2v) is 13.6. The average Bonchev–Trinajstić information content (AvgIpc) is 3.33. The van der Waals surface area contributed by atoms with Crippen LogP contribution in [-0.4, -0.2) is 43.3 Å². The lowest BCUT2D eigenvalue weighted by Gasteiger charge is -2.30. The monoisotopic (exact) mass is 585 g/mol. The third-order valence-corrected chi connectivity index (χ3v) is 6.74. The molecule has 8 nitrogen and oxygen atoms in total. The van der Waals surface area contributed by atoms with Crippen LogP contribution in [0, 0.1) is 13.8 Å². The van der Waals surface area contributed by atoms with E-state index in [2.05, 4.69) is 17.0 Å². The Labute approximate surface area is 244 Å². The molecular weight excluding hydrogens is 542 g/mol. The minimum atomic E-state index is -3.55. The van der Waals surface area contributed by atoms with Gasteiger partial charge in [0.1, 0.15) is 22.9 Å². The van der Waals surface area contributed by atoms with E-state index in [-0.39, 0.29) is 0 Å². The van der Waals surface area contributed by atoms with E-state index in [4.69, 9.17) is 18.1 Å². The molecule has 41 heavy (non-hydrogen) atoms. The maximum absolute atomic E-state index is 12.8. The topological polar surface area (TPSA) is 95.3 Å². The first-order valence-corrected chi connectivity index (χ1v) is 15.6. The van der Waals surface area contributed by atoms with Crippen molar-refractivity contribution in [1.29, 1.82) is 0 Å².